The number of anilines is 1. The highest BCUT2D eigenvalue weighted by Crippen LogP contribution is 2.46. The van der Waals surface area contributed by atoms with Gasteiger partial charge in [-0.25, -0.2) is 4.39 Å². The van der Waals surface area contributed by atoms with Crippen molar-refractivity contribution in [2.45, 2.75) is 59.8 Å². The zero-order valence-corrected chi connectivity index (χ0v) is 27.9. The Bertz CT molecular complexity index is 1950. The number of nitrogens with zero attached hydrogens (tertiary/aromatic N) is 1. The number of fused-ring (bicyclic) bond motifs is 3. The third-order valence-corrected chi connectivity index (χ3v) is 8.56. The van der Waals surface area contributed by atoms with Gasteiger partial charge < -0.3 is 24.7 Å². The molecule has 1 aromatic heterocycles. The van der Waals surface area contributed by atoms with E-state index >= 15 is 4.39 Å². The van der Waals surface area contributed by atoms with Gasteiger partial charge >= 0.3 is 0 Å². The molecule has 7 nitrogen and oxygen atoms in total. The Balaban J connectivity index is 0.00000213. The van der Waals surface area contributed by atoms with Crippen LogP contribution in [0.4, 0.5) is 10.1 Å². The smallest absolute Gasteiger partial charge is 0.256 e. The van der Waals surface area contributed by atoms with Crippen LogP contribution in [0.1, 0.15) is 69.3 Å². The highest BCUT2D eigenvalue weighted by Gasteiger charge is 2.29. The molecule has 0 spiro atoms. The Hall–Kier alpha value is -4.85. The highest BCUT2D eigenvalue weighted by atomic mass is 19.1. The number of ether oxygens (including phenoxy) is 2. The number of aromatic nitrogens is 1. The summed E-state index contributed by atoms with van der Waals surface area (Å²) in [4.78, 5) is 27.2. The van der Waals surface area contributed by atoms with E-state index in [1.54, 1.807) is 17.9 Å². The number of pyridine rings is 1. The van der Waals surface area contributed by atoms with E-state index in [0.717, 1.165) is 47.8 Å². The van der Waals surface area contributed by atoms with Gasteiger partial charge in [0.2, 0.25) is 5.43 Å². The second-order valence-corrected chi connectivity index (χ2v) is 11.8. The minimum atomic E-state index is -0.627. The van der Waals surface area contributed by atoms with Crippen LogP contribution in [-0.2, 0) is 6.42 Å². The summed E-state index contributed by atoms with van der Waals surface area (Å²) in [5.41, 5.74) is 1.71. The molecule has 2 heterocycles. The van der Waals surface area contributed by atoms with E-state index in [0.29, 0.717) is 42.4 Å². The summed E-state index contributed by atoms with van der Waals surface area (Å²) in [5, 5.41) is 8.16. The molecule has 0 fully saturated rings. The molecular weight excluding hydrogens is 593 g/mol. The number of carbonyl (C=O) groups excluding carboxylic acids is 1. The molecular formula is C39H44FN3O4. The summed E-state index contributed by atoms with van der Waals surface area (Å²) in [7, 11) is 1.62. The van der Waals surface area contributed by atoms with Gasteiger partial charge in [-0.2, -0.15) is 0 Å². The maximum absolute atomic E-state index is 15.9. The molecule has 0 saturated carbocycles. The summed E-state index contributed by atoms with van der Waals surface area (Å²) in [6.45, 7) is 9.21. The molecule has 1 amide bonds. The largest absolute Gasteiger partial charge is 0.497 e. The number of halogens is 1. The number of unbranched alkanes of at least 4 members (excludes halogenated alkanes) is 1. The summed E-state index contributed by atoms with van der Waals surface area (Å²) in [6.07, 6.45) is 6.37. The maximum Gasteiger partial charge on any atom is 0.256 e. The molecule has 1 aliphatic heterocycles. The Morgan fingerprint density at radius 2 is 1.77 bits per heavy atom. The minimum absolute atomic E-state index is 0.0335. The van der Waals surface area contributed by atoms with E-state index in [1.807, 2.05) is 74.5 Å². The highest BCUT2D eigenvalue weighted by molar-refractivity contribution is 6.02. The lowest BCUT2D eigenvalue weighted by Gasteiger charge is -2.26. The zero-order chi connectivity index (χ0) is 33.5. The van der Waals surface area contributed by atoms with Crippen LogP contribution in [0.15, 0.2) is 77.7 Å². The van der Waals surface area contributed by atoms with Crippen molar-refractivity contribution in [2.75, 3.05) is 25.5 Å². The van der Waals surface area contributed by atoms with Crippen molar-refractivity contribution < 1.29 is 18.7 Å². The number of carbonyl (C=O) groups is 1. The molecule has 47 heavy (non-hydrogen) atoms. The van der Waals surface area contributed by atoms with E-state index in [9.17, 15) is 9.59 Å². The number of methoxy groups -OCH3 is 1. The van der Waals surface area contributed by atoms with Gasteiger partial charge in [0.25, 0.3) is 5.91 Å². The van der Waals surface area contributed by atoms with Gasteiger partial charge in [0.1, 0.15) is 22.5 Å². The molecule has 4 aromatic carbocycles. The first-order chi connectivity index (χ1) is 22.9. The van der Waals surface area contributed by atoms with Crippen molar-refractivity contribution in [1.29, 1.82) is 0 Å². The molecule has 2 N–H and O–H groups in total. The number of hydrogen-bond acceptors (Lipinski definition) is 5. The van der Waals surface area contributed by atoms with Crippen molar-refractivity contribution in [3.8, 4) is 22.9 Å². The Morgan fingerprint density at radius 3 is 2.51 bits per heavy atom. The van der Waals surface area contributed by atoms with Crippen molar-refractivity contribution in [2.24, 2.45) is 5.92 Å². The van der Waals surface area contributed by atoms with E-state index in [4.69, 9.17) is 9.47 Å². The normalized spacial score (nSPS) is 12.0. The summed E-state index contributed by atoms with van der Waals surface area (Å²) >= 11 is 0. The Labute approximate surface area is 275 Å². The van der Waals surface area contributed by atoms with Crippen molar-refractivity contribution in [1.82, 2.24) is 9.88 Å². The molecule has 8 heteroatoms. The fourth-order valence-electron chi connectivity index (χ4n) is 6.01. The summed E-state index contributed by atoms with van der Waals surface area (Å²) < 4.78 is 29.4. The van der Waals surface area contributed by atoms with E-state index in [2.05, 4.69) is 24.5 Å². The Morgan fingerprint density at radius 1 is 1.00 bits per heavy atom. The molecule has 5 aromatic rings. The second-order valence-electron chi connectivity index (χ2n) is 11.8. The monoisotopic (exact) mass is 637 g/mol. The number of amides is 1. The third kappa shape index (κ3) is 7.12. The predicted molar refractivity (Wildman–Crippen MR) is 189 cm³/mol. The first kappa shape index (κ1) is 33.5. The predicted octanol–water partition coefficient (Wildman–Crippen LogP) is 9.02. The topological polar surface area (TPSA) is 81.6 Å². The van der Waals surface area contributed by atoms with Crippen LogP contribution in [0, 0.1) is 11.7 Å². The van der Waals surface area contributed by atoms with Gasteiger partial charge in [0.15, 0.2) is 17.3 Å². The van der Waals surface area contributed by atoms with Gasteiger partial charge in [-0.1, -0.05) is 83.4 Å². The van der Waals surface area contributed by atoms with Crippen LogP contribution in [0.25, 0.3) is 27.4 Å². The maximum atomic E-state index is 15.9. The first-order valence-corrected chi connectivity index (χ1v) is 16.7. The summed E-state index contributed by atoms with van der Waals surface area (Å²) in [5.74, 6) is 0.841. The van der Waals surface area contributed by atoms with Gasteiger partial charge in [-0.3, -0.25) is 9.59 Å². The van der Waals surface area contributed by atoms with Gasteiger partial charge in [0.05, 0.1) is 18.2 Å². The van der Waals surface area contributed by atoms with Crippen molar-refractivity contribution in [3.05, 3.63) is 100 Å². The van der Waals surface area contributed by atoms with Crippen LogP contribution in [-0.4, -0.2) is 30.7 Å². The van der Waals surface area contributed by atoms with Gasteiger partial charge in [-0.05, 0) is 65.4 Å². The SMILES string of the molecule is CC.CCCCC(C)CCNC(=O)c1cn2c3c(c(NCCc4cccc(OC)c4)c(F)cc3c1=O)Oc1cc3ccccc3cc1-2. The lowest BCUT2D eigenvalue weighted by atomic mass is 10.0. The fraction of sp³-hybridized carbons (Fsp3) is 0.333. The van der Waals surface area contributed by atoms with Crippen LogP contribution < -0.4 is 25.5 Å². The lowest BCUT2D eigenvalue weighted by molar-refractivity contribution is 0.0950. The molecule has 1 unspecified atom stereocenters. The van der Waals surface area contributed by atoms with Crippen LogP contribution in [0.2, 0.25) is 0 Å². The molecule has 0 radical (unpaired) electrons. The molecule has 1 aliphatic rings. The van der Waals surface area contributed by atoms with Crippen LogP contribution in [0.3, 0.4) is 0 Å². The van der Waals surface area contributed by atoms with Gasteiger partial charge in [-0.15, -0.1) is 0 Å². The average molecular weight is 638 g/mol. The number of hydrogen-bond donors (Lipinski definition) is 2. The second kappa shape index (κ2) is 15.2. The zero-order valence-electron chi connectivity index (χ0n) is 27.9. The fourth-order valence-corrected chi connectivity index (χ4v) is 6.01. The molecule has 0 bridgehead atoms. The van der Waals surface area contributed by atoms with Gasteiger partial charge in [0, 0.05) is 19.3 Å². The summed E-state index contributed by atoms with van der Waals surface area (Å²) in [6, 6.07) is 20.7. The van der Waals surface area contributed by atoms with E-state index in [-0.39, 0.29) is 22.4 Å². The molecule has 0 saturated heterocycles. The number of rotatable bonds is 12. The quantitative estimate of drug-likeness (QED) is 0.140. The van der Waals surface area contributed by atoms with E-state index in [1.165, 1.54) is 6.07 Å². The van der Waals surface area contributed by atoms with Crippen molar-refractivity contribution >= 4 is 33.3 Å². The molecule has 0 aliphatic carbocycles. The first-order valence-electron chi connectivity index (χ1n) is 16.7. The van der Waals surface area contributed by atoms with Crippen LogP contribution >= 0.6 is 0 Å². The van der Waals surface area contributed by atoms with Crippen LogP contribution in [0.5, 0.6) is 17.2 Å². The lowest BCUT2D eigenvalue weighted by Crippen LogP contribution is -2.31. The van der Waals surface area contributed by atoms with E-state index < -0.39 is 17.2 Å². The number of nitrogens with one attached hydrogen (secondary N) is 2. The minimum Gasteiger partial charge on any atom is -0.497 e. The number of benzene rings is 4. The molecule has 6 rings (SSSR count). The molecule has 1 atom stereocenters. The Kier molecular flexibility index (Phi) is 10.8. The average Bonchev–Trinajstić information content (AvgIpc) is 3.09. The molecule has 246 valence electrons. The third-order valence-electron chi connectivity index (χ3n) is 8.56. The van der Waals surface area contributed by atoms with Crippen molar-refractivity contribution in [3.63, 3.8) is 0 Å². The standard InChI is InChI=1S/C37H38FN3O4.C2H6/c1-4-5-9-23(2)14-16-40-37(43)29-22-41-31-19-25-11-6-7-12-26(25)20-32(31)45-36-33(30(38)21-28(34(36)41)35(29)42)39-17-15-24-10-8-13-27(18-24)44-3;1-2/h6-8,10-13,18-23,39H,4-5,9,14-17H2,1-3H3,(H,40,43);1-2H3.